The van der Waals surface area contributed by atoms with Gasteiger partial charge in [0.05, 0.1) is 5.41 Å². The van der Waals surface area contributed by atoms with Gasteiger partial charge in [0.1, 0.15) is 18.0 Å². The highest BCUT2D eigenvalue weighted by Gasteiger charge is 2.51. The Labute approximate surface area is 307 Å². The monoisotopic (exact) mass is 708 g/mol. The van der Waals surface area contributed by atoms with E-state index in [2.05, 4.69) is 27.4 Å². The van der Waals surface area contributed by atoms with Gasteiger partial charge in [-0.05, 0) is 113 Å². The van der Waals surface area contributed by atoms with Crippen LogP contribution in [0.15, 0.2) is 60.8 Å². The lowest BCUT2D eigenvalue weighted by molar-refractivity contribution is -0.146. The van der Waals surface area contributed by atoms with Crippen molar-refractivity contribution >= 4 is 35.3 Å². The normalized spacial score (nSPS) is 19.1. The number of hydrogen-bond acceptors (Lipinski definition) is 7. The fourth-order valence-electron chi connectivity index (χ4n) is 7.83. The van der Waals surface area contributed by atoms with Gasteiger partial charge in [-0.15, -0.1) is 0 Å². The Morgan fingerprint density at radius 3 is 2.37 bits per heavy atom. The first-order valence-electron chi connectivity index (χ1n) is 18.4. The summed E-state index contributed by atoms with van der Waals surface area (Å²) < 4.78 is 5.58. The number of likely N-dealkylation sites (tertiary alicyclic amines) is 1. The number of aromatic nitrogens is 1. The van der Waals surface area contributed by atoms with Crippen LogP contribution in [0.1, 0.15) is 81.7 Å². The quantitative estimate of drug-likeness (QED) is 0.268. The predicted octanol–water partition coefficient (Wildman–Crippen LogP) is 5.92. The number of hydrogen-bond donors (Lipinski definition) is 2. The minimum Gasteiger partial charge on any atom is -0.444 e. The molecule has 1 saturated heterocycles. The van der Waals surface area contributed by atoms with E-state index in [0.29, 0.717) is 37.2 Å². The molecule has 2 aromatic carbocycles. The smallest absolute Gasteiger partial charge is 0.410 e. The number of fused-ring (bicyclic) bond motifs is 3. The van der Waals surface area contributed by atoms with E-state index in [4.69, 9.17) is 4.74 Å². The molecular formula is C41H52N6O5. The third kappa shape index (κ3) is 7.84. The molecule has 6 rings (SSSR count). The summed E-state index contributed by atoms with van der Waals surface area (Å²) in [6, 6.07) is 17.3. The number of amides is 4. The van der Waals surface area contributed by atoms with Gasteiger partial charge in [0, 0.05) is 43.0 Å². The molecule has 4 amide bonds. The Morgan fingerprint density at radius 2 is 1.67 bits per heavy atom. The predicted molar refractivity (Wildman–Crippen MR) is 201 cm³/mol. The zero-order chi connectivity index (χ0) is 37.3. The molecule has 0 bridgehead atoms. The Bertz CT molecular complexity index is 1840. The zero-order valence-corrected chi connectivity index (χ0v) is 31.4. The van der Waals surface area contributed by atoms with Crippen molar-refractivity contribution in [3.8, 4) is 0 Å². The fraction of sp³-hybridized carbons (Fsp3) is 0.488. The molecule has 11 nitrogen and oxygen atoms in total. The summed E-state index contributed by atoms with van der Waals surface area (Å²) in [4.78, 5) is 64.3. The number of nitrogens with zero attached hydrogens (tertiary/aromatic N) is 4. The molecule has 3 aliphatic rings. The second-order valence-corrected chi connectivity index (χ2v) is 16.0. The number of carbonyl (C=O) groups excluding carboxylic acids is 4. The van der Waals surface area contributed by atoms with Crippen molar-refractivity contribution in [1.29, 1.82) is 0 Å². The van der Waals surface area contributed by atoms with Gasteiger partial charge in [-0.3, -0.25) is 14.4 Å². The number of benzene rings is 2. The van der Waals surface area contributed by atoms with Crippen molar-refractivity contribution < 1.29 is 23.9 Å². The maximum absolute atomic E-state index is 14.5. The van der Waals surface area contributed by atoms with Crippen LogP contribution in [0.25, 0.3) is 0 Å². The first-order valence-corrected chi connectivity index (χ1v) is 18.4. The molecule has 276 valence electrons. The molecular weight excluding hydrogens is 656 g/mol. The van der Waals surface area contributed by atoms with Gasteiger partial charge in [0.15, 0.2) is 0 Å². The van der Waals surface area contributed by atoms with Crippen molar-refractivity contribution in [2.24, 2.45) is 5.41 Å². The average Bonchev–Trinajstić information content (AvgIpc) is 3.61. The van der Waals surface area contributed by atoms with E-state index in [1.807, 2.05) is 82.3 Å². The highest BCUT2D eigenvalue weighted by molar-refractivity contribution is 6.06. The van der Waals surface area contributed by atoms with Gasteiger partial charge >= 0.3 is 6.09 Å². The molecule has 2 aliphatic heterocycles. The van der Waals surface area contributed by atoms with Crippen molar-refractivity contribution in [2.45, 2.75) is 90.8 Å². The zero-order valence-electron chi connectivity index (χ0n) is 31.4. The topological polar surface area (TPSA) is 124 Å². The maximum Gasteiger partial charge on any atom is 0.410 e. The lowest BCUT2D eigenvalue weighted by atomic mass is 9.78. The summed E-state index contributed by atoms with van der Waals surface area (Å²) in [7, 11) is 1.69. The maximum atomic E-state index is 14.5. The third-order valence-electron chi connectivity index (χ3n) is 10.7. The number of carbonyl (C=O) groups is 4. The van der Waals surface area contributed by atoms with Crippen LogP contribution < -0.4 is 10.6 Å². The average molecular weight is 709 g/mol. The third-order valence-corrected chi connectivity index (χ3v) is 10.7. The number of piperidine rings is 1. The van der Waals surface area contributed by atoms with Crippen LogP contribution in [0.3, 0.4) is 0 Å². The van der Waals surface area contributed by atoms with Gasteiger partial charge in [-0.1, -0.05) is 50.2 Å². The summed E-state index contributed by atoms with van der Waals surface area (Å²) in [5, 5.41) is 6.00. The van der Waals surface area contributed by atoms with E-state index in [9.17, 15) is 19.2 Å². The van der Waals surface area contributed by atoms with Crippen molar-refractivity contribution in [3.63, 3.8) is 0 Å². The van der Waals surface area contributed by atoms with Crippen molar-refractivity contribution in [2.75, 3.05) is 43.9 Å². The van der Waals surface area contributed by atoms with Crippen molar-refractivity contribution in [3.05, 3.63) is 88.6 Å². The van der Waals surface area contributed by atoms with Crippen LogP contribution in [0.2, 0.25) is 0 Å². The summed E-state index contributed by atoms with van der Waals surface area (Å²) in [5.41, 5.74) is 3.39. The van der Waals surface area contributed by atoms with Gasteiger partial charge in [-0.2, -0.15) is 0 Å². The summed E-state index contributed by atoms with van der Waals surface area (Å²) >= 11 is 0. The molecule has 1 fully saturated rings. The van der Waals surface area contributed by atoms with Crippen molar-refractivity contribution in [1.82, 2.24) is 19.7 Å². The van der Waals surface area contributed by atoms with E-state index in [-0.39, 0.29) is 37.4 Å². The van der Waals surface area contributed by atoms with Crippen LogP contribution >= 0.6 is 0 Å². The van der Waals surface area contributed by atoms with E-state index in [1.54, 1.807) is 18.1 Å². The van der Waals surface area contributed by atoms with Crippen LogP contribution in [0.5, 0.6) is 0 Å². The number of anilines is 2. The molecule has 1 aromatic heterocycles. The van der Waals surface area contributed by atoms with E-state index < -0.39 is 22.5 Å². The molecule has 11 heteroatoms. The molecule has 2 N–H and O–H groups in total. The molecule has 1 aliphatic carbocycles. The summed E-state index contributed by atoms with van der Waals surface area (Å²) in [6.07, 6.45) is 4.82. The fourth-order valence-corrected chi connectivity index (χ4v) is 7.83. The first kappa shape index (κ1) is 37.0. The molecule has 0 radical (unpaired) electrons. The van der Waals surface area contributed by atoms with Crippen LogP contribution in [-0.2, 0) is 50.5 Å². The van der Waals surface area contributed by atoms with Crippen LogP contribution in [0.4, 0.5) is 16.3 Å². The van der Waals surface area contributed by atoms with E-state index in [0.717, 1.165) is 53.9 Å². The van der Waals surface area contributed by atoms with E-state index >= 15 is 0 Å². The SMILES string of the molecule is CCCN1CCC(C)(C(=O)N(CC(=O)Nc2ccc3c(c2)C[C@@]2(C3)C(=O)Nc3ncccc32)Cc2ccccc2CN(C)C(=O)OC(C)(C)C)CC1. The number of ether oxygens (including phenoxy) is 1. The largest absolute Gasteiger partial charge is 0.444 e. The van der Waals surface area contributed by atoms with Gasteiger partial charge < -0.3 is 30.1 Å². The van der Waals surface area contributed by atoms with Gasteiger partial charge in [-0.25, -0.2) is 9.78 Å². The molecule has 52 heavy (non-hydrogen) atoms. The summed E-state index contributed by atoms with van der Waals surface area (Å²) in [5.74, 6) is 0.208. The molecule has 0 saturated carbocycles. The molecule has 3 aromatic rings. The van der Waals surface area contributed by atoms with Gasteiger partial charge in [0.25, 0.3) is 0 Å². The Hall–Kier alpha value is -4.77. The minimum atomic E-state index is -0.704. The number of nitrogens with one attached hydrogen (secondary N) is 2. The lowest BCUT2D eigenvalue weighted by Crippen LogP contribution is -2.50. The Kier molecular flexibility index (Phi) is 10.5. The standard InChI is InChI=1S/C41H52N6O5/c1-7-19-46-20-16-40(5,17-21-46)37(50)47(26-30-12-9-8-11-29(30)25-45(6)38(51)52-39(2,3)4)27-34(48)43-32-15-14-28-23-41(24-31(28)22-32)33-13-10-18-42-35(33)44-36(41)49/h8-15,18,22H,7,16-17,19-21,23-27H2,1-6H3,(H,43,48)(H,42,44,49)/t41-/m1/s1. The number of pyridine rings is 1. The molecule has 1 spiro atoms. The molecule has 1 atom stereocenters. The highest BCUT2D eigenvalue weighted by Crippen LogP contribution is 2.47. The summed E-state index contributed by atoms with van der Waals surface area (Å²) in [6.45, 7) is 12.7. The van der Waals surface area contributed by atoms with Gasteiger partial charge in [0.2, 0.25) is 17.7 Å². The molecule has 3 heterocycles. The Morgan fingerprint density at radius 1 is 0.981 bits per heavy atom. The second-order valence-electron chi connectivity index (χ2n) is 16.0. The van der Waals surface area contributed by atoms with E-state index in [1.165, 1.54) is 4.90 Å². The second kappa shape index (κ2) is 14.7. The van der Waals surface area contributed by atoms with Crippen LogP contribution in [0, 0.1) is 5.41 Å². The highest BCUT2D eigenvalue weighted by atomic mass is 16.6. The number of rotatable bonds is 10. The minimum absolute atomic E-state index is 0.0514. The molecule has 0 unspecified atom stereocenters. The lowest BCUT2D eigenvalue weighted by Gasteiger charge is -2.41. The first-order chi connectivity index (χ1) is 24.7. The Balaban J connectivity index is 1.20. The van der Waals surface area contributed by atoms with Crippen LogP contribution in [-0.4, -0.2) is 82.3 Å².